The summed E-state index contributed by atoms with van der Waals surface area (Å²) in [6.07, 6.45) is -0.528. The van der Waals surface area contributed by atoms with E-state index in [1.165, 1.54) is 11.0 Å². The molecule has 1 N–H and O–H groups in total. The molecule has 21 heavy (non-hydrogen) atoms. The van der Waals surface area contributed by atoms with Crippen molar-refractivity contribution in [3.05, 3.63) is 70.8 Å². The fourth-order valence-corrected chi connectivity index (χ4v) is 2.83. The lowest BCUT2D eigenvalue weighted by molar-refractivity contribution is 0.128. The molecule has 1 aliphatic rings. The van der Waals surface area contributed by atoms with Crippen LogP contribution in [0, 0.1) is 11.6 Å². The highest BCUT2D eigenvalue weighted by Crippen LogP contribution is 2.36. The molecular weight excluding hydrogens is 276 g/mol. The number of amides is 1. The fourth-order valence-electron chi connectivity index (χ4n) is 2.83. The molecule has 2 aromatic rings. The molecule has 1 heterocycles. The second kappa shape index (κ2) is 5.16. The zero-order valence-electron chi connectivity index (χ0n) is 11.1. The maximum absolute atomic E-state index is 14.1. The first-order valence-electron chi connectivity index (χ1n) is 6.60. The van der Waals surface area contributed by atoms with Crippen LogP contribution in [-0.2, 0) is 6.42 Å². The Labute approximate surface area is 120 Å². The second-order valence-corrected chi connectivity index (χ2v) is 4.99. The van der Waals surface area contributed by atoms with Crippen LogP contribution in [0.5, 0.6) is 0 Å². The summed E-state index contributed by atoms with van der Waals surface area (Å²) in [6, 6.07) is 9.86. The summed E-state index contributed by atoms with van der Waals surface area (Å²) in [5.74, 6) is -1.41. The topological polar surface area (TPSA) is 40.5 Å². The molecule has 1 amide bonds. The number of fused-ring (bicyclic) bond motifs is 1. The van der Waals surface area contributed by atoms with Gasteiger partial charge in [-0.15, -0.1) is 0 Å². The molecule has 0 aromatic heterocycles. The van der Waals surface area contributed by atoms with Gasteiger partial charge in [-0.2, -0.15) is 0 Å². The van der Waals surface area contributed by atoms with Gasteiger partial charge in [0.2, 0.25) is 0 Å². The average molecular weight is 289 g/mol. The molecule has 1 aliphatic heterocycles. The zero-order valence-corrected chi connectivity index (χ0v) is 11.1. The van der Waals surface area contributed by atoms with Gasteiger partial charge < -0.3 is 5.11 Å². The summed E-state index contributed by atoms with van der Waals surface area (Å²) >= 11 is 0. The first-order chi connectivity index (χ1) is 10.1. The Morgan fingerprint density at radius 2 is 1.90 bits per heavy atom. The number of halogens is 2. The van der Waals surface area contributed by atoms with Crippen LogP contribution in [0.15, 0.2) is 42.5 Å². The van der Waals surface area contributed by atoms with Gasteiger partial charge in [-0.1, -0.05) is 30.3 Å². The zero-order chi connectivity index (χ0) is 15.0. The monoisotopic (exact) mass is 289 g/mol. The van der Waals surface area contributed by atoms with Crippen molar-refractivity contribution in [2.24, 2.45) is 0 Å². The SMILES string of the molecule is O=C(O)N1CCc2ccccc2C1c1ccc(F)cc1F. The molecule has 0 fully saturated rings. The number of carbonyl (C=O) groups is 1. The van der Waals surface area contributed by atoms with E-state index < -0.39 is 23.8 Å². The molecule has 0 saturated heterocycles. The number of hydrogen-bond donors (Lipinski definition) is 1. The van der Waals surface area contributed by atoms with Crippen molar-refractivity contribution in [2.75, 3.05) is 6.54 Å². The molecule has 0 saturated carbocycles. The number of nitrogens with zero attached hydrogens (tertiary/aromatic N) is 1. The first kappa shape index (κ1) is 13.5. The van der Waals surface area contributed by atoms with Crippen molar-refractivity contribution in [3.63, 3.8) is 0 Å². The predicted octanol–water partition coefficient (Wildman–Crippen LogP) is 3.59. The van der Waals surface area contributed by atoms with E-state index in [0.717, 1.165) is 23.3 Å². The summed E-state index contributed by atoms with van der Waals surface area (Å²) in [6.45, 7) is 0.286. The van der Waals surface area contributed by atoms with Crippen LogP contribution < -0.4 is 0 Å². The van der Waals surface area contributed by atoms with E-state index in [1.807, 2.05) is 12.1 Å². The summed E-state index contributed by atoms with van der Waals surface area (Å²) in [5.41, 5.74) is 1.91. The lowest BCUT2D eigenvalue weighted by Gasteiger charge is -2.35. The largest absolute Gasteiger partial charge is 0.465 e. The van der Waals surface area contributed by atoms with E-state index in [-0.39, 0.29) is 12.1 Å². The van der Waals surface area contributed by atoms with E-state index in [9.17, 15) is 18.7 Å². The van der Waals surface area contributed by atoms with E-state index in [1.54, 1.807) is 12.1 Å². The quantitative estimate of drug-likeness (QED) is 0.871. The normalized spacial score (nSPS) is 17.4. The van der Waals surface area contributed by atoms with Gasteiger partial charge in [0.1, 0.15) is 11.6 Å². The smallest absolute Gasteiger partial charge is 0.408 e. The van der Waals surface area contributed by atoms with Gasteiger partial charge in [0.15, 0.2) is 0 Å². The summed E-state index contributed by atoms with van der Waals surface area (Å²) in [5, 5.41) is 9.37. The highest BCUT2D eigenvalue weighted by molar-refractivity contribution is 5.67. The highest BCUT2D eigenvalue weighted by atomic mass is 19.1. The molecule has 2 aromatic carbocycles. The molecule has 3 nitrogen and oxygen atoms in total. The molecule has 0 spiro atoms. The molecule has 108 valence electrons. The minimum atomic E-state index is -1.11. The van der Waals surface area contributed by atoms with Crippen LogP contribution in [0.4, 0.5) is 13.6 Å². The van der Waals surface area contributed by atoms with Crippen molar-refractivity contribution in [2.45, 2.75) is 12.5 Å². The summed E-state index contributed by atoms with van der Waals surface area (Å²) < 4.78 is 27.2. The van der Waals surface area contributed by atoms with Gasteiger partial charge in [0.25, 0.3) is 0 Å². The van der Waals surface area contributed by atoms with E-state index in [2.05, 4.69) is 0 Å². The van der Waals surface area contributed by atoms with Gasteiger partial charge in [-0.05, 0) is 23.6 Å². The third kappa shape index (κ3) is 2.35. The van der Waals surface area contributed by atoms with Crippen LogP contribution in [0.25, 0.3) is 0 Å². The Kier molecular flexibility index (Phi) is 3.33. The molecule has 3 rings (SSSR count). The van der Waals surface area contributed by atoms with Crippen LogP contribution in [0.2, 0.25) is 0 Å². The Balaban J connectivity index is 2.17. The molecule has 0 aliphatic carbocycles. The van der Waals surface area contributed by atoms with E-state index in [4.69, 9.17) is 0 Å². The third-order valence-corrected chi connectivity index (χ3v) is 3.79. The van der Waals surface area contributed by atoms with Gasteiger partial charge in [-0.3, -0.25) is 4.90 Å². The standard InChI is InChI=1S/C16H13F2NO2/c17-11-5-6-13(14(18)9-11)15-12-4-2-1-3-10(12)7-8-19(15)16(20)21/h1-6,9,15H,7-8H2,(H,20,21). The maximum Gasteiger partial charge on any atom is 0.408 e. The average Bonchev–Trinajstić information content (AvgIpc) is 2.46. The number of carboxylic acid groups (broad SMARTS) is 1. The molecule has 1 atom stereocenters. The van der Waals surface area contributed by atoms with Crippen LogP contribution >= 0.6 is 0 Å². The van der Waals surface area contributed by atoms with Crippen molar-refractivity contribution in [3.8, 4) is 0 Å². The Morgan fingerprint density at radius 3 is 2.62 bits per heavy atom. The van der Waals surface area contributed by atoms with Gasteiger partial charge in [0, 0.05) is 18.2 Å². The number of rotatable bonds is 1. The van der Waals surface area contributed by atoms with Crippen molar-refractivity contribution in [1.29, 1.82) is 0 Å². The van der Waals surface area contributed by atoms with Crippen LogP contribution in [0.3, 0.4) is 0 Å². The third-order valence-electron chi connectivity index (χ3n) is 3.79. The Bertz CT molecular complexity index is 702. The highest BCUT2D eigenvalue weighted by Gasteiger charge is 2.33. The predicted molar refractivity (Wildman–Crippen MR) is 73.1 cm³/mol. The van der Waals surface area contributed by atoms with Crippen molar-refractivity contribution >= 4 is 6.09 Å². The molecular formula is C16H13F2NO2. The molecule has 0 bridgehead atoms. The van der Waals surface area contributed by atoms with Gasteiger partial charge >= 0.3 is 6.09 Å². The van der Waals surface area contributed by atoms with Gasteiger partial charge in [-0.25, -0.2) is 13.6 Å². The lowest BCUT2D eigenvalue weighted by atomic mass is 9.88. The molecule has 1 unspecified atom stereocenters. The lowest BCUT2D eigenvalue weighted by Crippen LogP contribution is -2.40. The van der Waals surface area contributed by atoms with Gasteiger partial charge in [0.05, 0.1) is 6.04 Å². The van der Waals surface area contributed by atoms with E-state index in [0.29, 0.717) is 6.42 Å². The van der Waals surface area contributed by atoms with E-state index >= 15 is 0 Å². The maximum atomic E-state index is 14.1. The fraction of sp³-hybridized carbons (Fsp3) is 0.188. The minimum Gasteiger partial charge on any atom is -0.465 e. The minimum absolute atomic E-state index is 0.172. The Hall–Kier alpha value is -2.43. The molecule has 5 heteroatoms. The number of hydrogen-bond acceptors (Lipinski definition) is 1. The Morgan fingerprint density at radius 1 is 1.14 bits per heavy atom. The van der Waals surface area contributed by atoms with Crippen molar-refractivity contribution in [1.82, 2.24) is 4.90 Å². The van der Waals surface area contributed by atoms with Crippen LogP contribution in [0.1, 0.15) is 22.7 Å². The second-order valence-electron chi connectivity index (χ2n) is 4.99. The van der Waals surface area contributed by atoms with Crippen molar-refractivity contribution < 1.29 is 18.7 Å². The summed E-state index contributed by atoms with van der Waals surface area (Å²) in [7, 11) is 0. The number of benzene rings is 2. The summed E-state index contributed by atoms with van der Waals surface area (Å²) in [4.78, 5) is 12.6. The molecule has 0 radical (unpaired) electrons. The van der Waals surface area contributed by atoms with Crippen LogP contribution in [-0.4, -0.2) is 22.6 Å². The first-order valence-corrected chi connectivity index (χ1v) is 6.60.